The fourth-order valence-electron chi connectivity index (χ4n) is 3.97. The first kappa shape index (κ1) is 22.6. The van der Waals surface area contributed by atoms with Crippen LogP contribution < -0.4 is 5.32 Å². The third-order valence-electron chi connectivity index (χ3n) is 5.54. The van der Waals surface area contributed by atoms with Crippen LogP contribution in [-0.2, 0) is 10.9 Å². The molecule has 0 saturated carbocycles. The average molecular weight is 455 g/mol. The van der Waals surface area contributed by atoms with Crippen molar-refractivity contribution in [2.24, 2.45) is 0 Å². The Balaban J connectivity index is 1.28. The lowest BCUT2D eigenvalue weighted by atomic mass is 9.98. The lowest BCUT2D eigenvalue weighted by Gasteiger charge is -2.14. The number of ether oxygens (including phenoxy) is 1. The van der Waals surface area contributed by atoms with Gasteiger partial charge in [0.2, 0.25) is 0 Å². The molecule has 0 spiro atoms. The van der Waals surface area contributed by atoms with Crippen molar-refractivity contribution in [2.45, 2.75) is 18.5 Å². The first-order valence-electron chi connectivity index (χ1n) is 10.5. The molecule has 3 nitrogen and oxygen atoms in total. The molecule has 33 heavy (non-hydrogen) atoms. The minimum atomic E-state index is -4.54. The van der Waals surface area contributed by atoms with Crippen LogP contribution in [0.4, 0.5) is 22.4 Å². The SMILES string of the molecule is O=C(NCCC=Cc1cc(C(F)(F)F)ccc1F)OCC1c2ccccc2-c2ccccc21. The molecule has 0 fully saturated rings. The molecule has 0 aromatic heterocycles. The van der Waals surface area contributed by atoms with Crippen LogP contribution in [0.25, 0.3) is 17.2 Å². The highest BCUT2D eigenvalue weighted by molar-refractivity contribution is 5.79. The fourth-order valence-corrected chi connectivity index (χ4v) is 3.97. The summed E-state index contributed by atoms with van der Waals surface area (Å²) in [5, 5.41) is 2.60. The Morgan fingerprint density at radius 3 is 2.24 bits per heavy atom. The Bertz CT molecular complexity index is 1140. The van der Waals surface area contributed by atoms with Crippen molar-refractivity contribution in [3.05, 3.63) is 101 Å². The number of benzene rings is 3. The Hall–Kier alpha value is -3.61. The summed E-state index contributed by atoms with van der Waals surface area (Å²) in [6, 6.07) is 18.3. The molecular weight excluding hydrogens is 434 g/mol. The Kier molecular flexibility index (Phi) is 6.49. The quantitative estimate of drug-likeness (QED) is 0.328. The Morgan fingerprint density at radius 2 is 1.61 bits per heavy atom. The summed E-state index contributed by atoms with van der Waals surface area (Å²) in [5.74, 6) is -0.796. The van der Waals surface area contributed by atoms with Crippen LogP contribution in [0.1, 0.15) is 34.6 Å². The van der Waals surface area contributed by atoms with Crippen LogP contribution >= 0.6 is 0 Å². The molecule has 1 aliphatic carbocycles. The van der Waals surface area contributed by atoms with Gasteiger partial charge < -0.3 is 10.1 Å². The van der Waals surface area contributed by atoms with Gasteiger partial charge in [0.25, 0.3) is 0 Å². The maximum atomic E-state index is 13.7. The zero-order chi connectivity index (χ0) is 23.4. The van der Waals surface area contributed by atoms with Crippen LogP contribution in [0.5, 0.6) is 0 Å². The van der Waals surface area contributed by atoms with E-state index in [1.807, 2.05) is 48.5 Å². The van der Waals surface area contributed by atoms with Crippen LogP contribution in [0.2, 0.25) is 0 Å². The number of hydrogen-bond donors (Lipinski definition) is 1. The van der Waals surface area contributed by atoms with E-state index in [4.69, 9.17) is 4.74 Å². The number of rotatable bonds is 6. The summed E-state index contributed by atoms with van der Waals surface area (Å²) in [6.45, 7) is 0.388. The number of hydrogen-bond acceptors (Lipinski definition) is 2. The molecule has 3 aromatic carbocycles. The van der Waals surface area contributed by atoms with Gasteiger partial charge in [0.1, 0.15) is 12.4 Å². The number of carbonyl (C=O) groups excluding carboxylic acids is 1. The molecule has 0 unspecified atom stereocenters. The van der Waals surface area contributed by atoms with E-state index < -0.39 is 23.7 Å². The van der Waals surface area contributed by atoms with Crippen LogP contribution in [-0.4, -0.2) is 19.2 Å². The molecule has 0 aliphatic heterocycles. The molecule has 1 amide bonds. The fraction of sp³-hybridized carbons (Fsp3) is 0.192. The van der Waals surface area contributed by atoms with Gasteiger partial charge >= 0.3 is 12.3 Å². The standard InChI is InChI=1S/C26H21F4NO2/c27-24-13-12-18(26(28,29)30)15-17(24)7-5-6-14-31-25(32)33-16-23-21-10-3-1-8-19(21)20-9-2-4-11-22(20)23/h1-5,7-13,15,23H,6,14,16H2,(H,31,32). The number of fused-ring (bicyclic) bond motifs is 3. The maximum absolute atomic E-state index is 13.7. The minimum absolute atomic E-state index is 0.0491. The highest BCUT2D eigenvalue weighted by Crippen LogP contribution is 2.44. The van der Waals surface area contributed by atoms with Gasteiger partial charge in [-0.05, 0) is 46.9 Å². The Morgan fingerprint density at radius 1 is 0.970 bits per heavy atom. The van der Waals surface area contributed by atoms with E-state index in [1.54, 1.807) is 0 Å². The number of alkyl carbamates (subject to hydrolysis) is 1. The van der Waals surface area contributed by atoms with E-state index in [1.165, 1.54) is 12.2 Å². The predicted octanol–water partition coefficient (Wildman–Crippen LogP) is 6.79. The molecular formula is C26H21F4NO2. The number of carbonyl (C=O) groups is 1. The lowest BCUT2D eigenvalue weighted by molar-refractivity contribution is -0.137. The first-order chi connectivity index (χ1) is 15.8. The molecule has 170 valence electrons. The molecule has 1 N–H and O–H groups in total. The van der Waals surface area contributed by atoms with Crippen molar-refractivity contribution in [3.63, 3.8) is 0 Å². The molecule has 0 saturated heterocycles. The van der Waals surface area contributed by atoms with Crippen molar-refractivity contribution in [1.82, 2.24) is 5.32 Å². The van der Waals surface area contributed by atoms with Crippen molar-refractivity contribution in [3.8, 4) is 11.1 Å². The van der Waals surface area contributed by atoms with E-state index in [0.29, 0.717) is 12.5 Å². The van der Waals surface area contributed by atoms with Gasteiger partial charge in [-0.1, -0.05) is 60.7 Å². The lowest BCUT2D eigenvalue weighted by Crippen LogP contribution is -2.26. The summed E-state index contributed by atoms with van der Waals surface area (Å²) in [7, 11) is 0. The van der Waals surface area contributed by atoms with Crippen LogP contribution in [0, 0.1) is 5.82 Å². The van der Waals surface area contributed by atoms with Gasteiger partial charge in [-0.25, -0.2) is 9.18 Å². The van der Waals surface area contributed by atoms with E-state index in [9.17, 15) is 22.4 Å². The van der Waals surface area contributed by atoms with E-state index in [-0.39, 0.29) is 24.6 Å². The van der Waals surface area contributed by atoms with Crippen molar-refractivity contribution in [1.29, 1.82) is 0 Å². The molecule has 3 aromatic rings. The van der Waals surface area contributed by atoms with Crippen molar-refractivity contribution < 1.29 is 27.1 Å². The molecule has 0 heterocycles. The number of nitrogens with one attached hydrogen (secondary N) is 1. The third-order valence-corrected chi connectivity index (χ3v) is 5.54. The van der Waals surface area contributed by atoms with Crippen LogP contribution in [0.15, 0.2) is 72.8 Å². The molecule has 0 bridgehead atoms. The van der Waals surface area contributed by atoms with Gasteiger partial charge in [0, 0.05) is 18.0 Å². The molecule has 1 aliphatic rings. The molecule has 7 heteroatoms. The number of alkyl halides is 3. The first-order valence-corrected chi connectivity index (χ1v) is 10.5. The van der Waals surface area contributed by atoms with Gasteiger partial charge in [-0.2, -0.15) is 13.2 Å². The maximum Gasteiger partial charge on any atom is 0.416 e. The second-order valence-electron chi connectivity index (χ2n) is 7.68. The van der Waals surface area contributed by atoms with E-state index in [2.05, 4.69) is 5.32 Å². The van der Waals surface area contributed by atoms with Crippen LogP contribution in [0.3, 0.4) is 0 Å². The summed E-state index contributed by atoms with van der Waals surface area (Å²) < 4.78 is 57.5. The normalized spacial score (nSPS) is 13.1. The molecule has 0 radical (unpaired) electrons. The van der Waals surface area contributed by atoms with Gasteiger partial charge in [0.05, 0.1) is 5.56 Å². The van der Waals surface area contributed by atoms with Gasteiger partial charge in [0.15, 0.2) is 0 Å². The summed E-state index contributed by atoms with van der Waals surface area (Å²) in [5.41, 5.74) is 3.41. The third kappa shape index (κ3) is 5.08. The van der Waals surface area contributed by atoms with E-state index in [0.717, 1.165) is 34.4 Å². The minimum Gasteiger partial charge on any atom is -0.449 e. The predicted molar refractivity (Wildman–Crippen MR) is 118 cm³/mol. The number of amides is 1. The van der Waals surface area contributed by atoms with Gasteiger partial charge in [-0.3, -0.25) is 0 Å². The molecule has 4 rings (SSSR count). The molecule has 0 atom stereocenters. The van der Waals surface area contributed by atoms with Gasteiger partial charge in [-0.15, -0.1) is 0 Å². The smallest absolute Gasteiger partial charge is 0.416 e. The van der Waals surface area contributed by atoms with Crippen molar-refractivity contribution in [2.75, 3.05) is 13.2 Å². The largest absolute Gasteiger partial charge is 0.449 e. The zero-order valence-corrected chi connectivity index (χ0v) is 17.5. The summed E-state index contributed by atoms with van der Waals surface area (Å²) in [4.78, 5) is 12.1. The summed E-state index contributed by atoms with van der Waals surface area (Å²) >= 11 is 0. The zero-order valence-electron chi connectivity index (χ0n) is 17.5. The second-order valence-corrected chi connectivity index (χ2v) is 7.68. The second kappa shape index (κ2) is 9.48. The van der Waals surface area contributed by atoms with Crippen molar-refractivity contribution >= 4 is 12.2 Å². The van der Waals surface area contributed by atoms with E-state index >= 15 is 0 Å². The monoisotopic (exact) mass is 455 g/mol. The highest BCUT2D eigenvalue weighted by atomic mass is 19.4. The average Bonchev–Trinajstić information content (AvgIpc) is 3.11. The number of halogens is 4. The topological polar surface area (TPSA) is 38.3 Å². The summed E-state index contributed by atoms with van der Waals surface area (Å²) in [6.07, 6.45) is -2.05. The highest BCUT2D eigenvalue weighted by Gasteiger charge is 2.31. The Labute approximate surface area is 188 Å².